The summed E-state index contributed by atoms with van der Waals surface area (Å²) in [4.78, 5) is 2.49. The van der Waals surface area contributed by atoms with Crippen molar-refractivity contribution in [2.24, 2.45) is 5.92 Å². The highest BCUT2D eigenvalue weighted by molar-refractivity contribution is 8.01. The summed E-state index contributed by atoms with van der Waals surface area (Å²) in [5.41, 5.74) is 0. The highest BCUT2D eigenvalue weighted by Crippen LogP contribution is 2.44. The fourth-order valence-corrected chi connectivity index (χ4v) is 3.90. The van der Waals surface area contributed by atoms with Gasteiger partial charge in [0.25, 0.3) is 0 Å². The Bertz CT molecular complexity index is 195. The highest BCUT2D eigenvalue weighted by atomic mass is 32.2. The molecule has 0 amide bonds. The van der Waals surface area contributed by atoms with Crippen molar-refractivity contribution in [3.8, 4) is 0 Å². The standard InChI is InChI=1S/C10H19NOS/c1-4-8-5-12-7-11-6-10(2,3)13-9(8)11/h8-9H,4-7H2,1-3H3/t8-,9?/m0/s1. The van der Waals surface area contributed by atoms with Gasteiger partial charge in [-0.2, -0.15) is 0 Å². The molecule has 0 saturated carbocycles. The fourth-order valence-electron chi connectivity index (χ4n) is 2.25. The third kappa shape index (κ3) is 1.88. The average Bonchev–Trinajstić information content (AvgIpc) is 2.37. The van der Waals surface area contributed by atoms with E-state index in [1.807, 2.05) is 0 Å². The molecule has 0 bridgehead atoms. The summed E-state index contributed by atoms with van der Waals surface area (Å²) >= 11 is 2.13. The first-order valence-corrected chi connectivity index (χ1v) is 6.00. The van der Waals surface area contributed by atoms with Crippen molar-refractivity contribution in [1.29, 1.82) is 0 Å². The van der Waals surface area contributed by atoms with Crippen molar-refractivity contribution in [2.45, 2.75) is 37.3 Å². The second kappa shape index (κ2) is 3.44. The minimum atomic E-state index is 0.422. The molecular weight excluding hydrogens is 182 g/mol. The molecule has 1 unspecified atom stereocenters. The molecule has 2 fully saturated rings. The van der Waals surface area contributed by atoms with Crippen LogP contribution >= 0.6 is 11.8 Å². The number of thioether (sulfide) groups is 1. The average molecular weight is 201 g/mol. The number of ether oxygens (including phenoxy) is 1. The van der Waals surface area contributed by atoms with Gasteiger partial charge < -0.3 is 4.74 Å². The van der Waals surface area contributed by atoms with Gasteiger partial charge in [-0.05, 0) is 20.3 Å². The van der Waals surface area contributed by atoms with Crippen LogP contribution in [-0.4, -0.2) is 34.9 Å². The number of hydrogen-bond donors (Lipinski definition) is 0. The highest BCUT2D eigenvalue weighted by Gasteiger charge is 2.43. The zero-order chi connectivity index (χ0) is 9.47. The Hall–Kier alpha value is 0.270. The van der Waals surface area contributed by atoms with Gasteiger partial charge in [0.15, 0.2) is 0 Å². The molecule has 2 aliphatic rings. The van der Waals surface area contributed by atoms with Gasteiger partial charge in [0, 0.05) is 17.2 Å². The van der Waals surface area contributed by atoms with Crippen molar-refractivity contribution in [3.05, 3.63) is 0 Å². The molecule has 76 valence electrons. The summed E-state index contributed by atoms with van der Waals surface area (Å²) in [6.07, 6.45) is 1.24. The molecule has 2 rings (SSSR count). The lowest BCUT2D eigenvalue weighted by molar-refractivity contribution is -0.0531. The van der Waals surface area contributed by atoms with E-state index in [1.165, 1.54) is 13.0 Å². The van der Waals surface area contributed by atoms with Crippen LogP contribution in [0.25, 0.3) is 0 Å². The van der Waals surface area contributed by atoms with Crippen LogP contribution in [0.1, 0.15) is 27.2 Å². The number of nitrogens with zero attached hydrogens (tertiary/aromatic N) is 1. The van der Waals surface area contributed by atoms with E-state index < -0.39 is 0 Å². The second-order valence-corrected chi connectivity index (χ2v) is 6.51. The van der Waals surface area contributed by atoms with Crippen LogP contribution in [-0.2, 0) is 4.74 Å². The van der Waals surface area contributed by atoms with Crippen LogP contribution < -0.4 is 0 Å². The fraction of sp³-hybridized carbons (Fsp3) is 1.00. The van der Waals surface area contributed by atoms with Crippen LogP contribution in [0, 0.1) is 5.92 Å². The molecule has 0 aromatic carbocycles. The molecule has 2 nitrogen and oxygen atoms in total. The predicted molar refractivity (Wildman–Crippen MR) is 56.8 cm³/mol. The molecular formula is C10H19NOS. The minimum Gasteiger partial charge on any atom is -0.366 e. The molecule has 0 aromatic heterocycles. The summed E-state index contributed by atoms with van der Waals surface area (Å²) in [7, 11) is 0. The van der Waals surface area contributed by atoms with Crippen molar-refractivity contribution in [2.75, 3.05) is 19.9 Å². The first-order chi connectivity index (χ1) is 6.12. The molecule has 0 spiro atoms. The summed E-state index contributed by atoms with van der Waals surface area (Å²) in [5.74, 6) is 0.737. The molecule has 3 heteroatoms. The lowest BCUT2D eigenvalue weighted by Crippen LogP contribution is -2.43. The van der Waals surface area contributed by atoms with E-state index in [-0.39, 0.29) is 0 Å². The molecule has 0 aromatic rings. The Balaban J connectivity index is 2.08. The van der Waals surface area contributed by atoms with Crippen molar-refractivity contribution in [3.63, 3.8) is 0 Å². The predicted octanol–water partition coefficient (Wildman–Crippen LogP) is 2.15. The van der Waals surface area contributed by atoms with E-state index in [1.54, 1.807) is 0 Å². The van der Waals surface area contributed by atoms with Crippen molar-refractivity contribution < 1.29 is 4.74 Å². The molecule has 2 aliphatic heterocycles. The normalized spacial score (nSPS) is 39.0. The molecule has 0 aliphatic carbocycles. The largest absolute Gasteiger partial charge is 0.366 e. The third-order valence-corrected chi connectivity index (χ3v) is 4.59. The topological polar surface area (TPSA) is 12.5 Å². The maximum atomic E-state index is 5.59. The van der Waals surface area contributed by atoms with Gasteiger partial charge in [-0.3, -0.25) is 4.90 Å². The Kier molecular flexibility index (Phi) is 2.60. The van der Waals surface area contributed by atoms with Gasteiger partial charge in [-0.25, -0.2) is 0 Å². The van der Waals surface area contributed by atoms with Crippen molar-refractivity contribution >= 4 is 11.8 Å². The lowest BCUT2D eigenvalue weighted by Gasteiger charge is -2.34. The number of rotatable bonds is 1. The number of fused-ring (bicyclic) bond motifs is 1. The quantitative estimate of drug-likeness (QED) is 0.645. The zero-order valence-electron chi connectivity index (χ0n) is 8.75. The zero-order valence-corrected chi connectivity index (χ0v) is 9.56. The Morgan fingerprint density at radius 3 is 3.00 bits per heavy atom. The first-order valence-electron chi connectivity index (χ1n) is 5.12. The monoisotopic (exact) mass is 201 g/mol. The molecule has 13 heavy (non-hydrogen) atoms. The Morgan fingerprint density at radius 2 is 2.31 bits per heavy atom. The minimum absolute atomic E-state index is 0.422. The van der Waals surface area contributed by atoms with E-state index in [0.29, 0.717) is 10.1 Å². The van der Waals surface area contributed by atoms with E-state index in [2.05, 4.69) is 37.4 Å². The summed E-state index contributed by atoms with van der Waals surface area (Å²) < 4.78 is 6.02. The molecule has 0 N–H and O–H groups in total. The maximum absolute atomic E-state index is 5.59. The Labute approximate surface area is 85.0 Å². The van der Waals surface area contributed by atoms with Gasteiger partial charge in [0.05, 0.1) is 18.7 Å². The molecule has 0 radical (unpaired) electrons. The molecule has 2 atom stereocenters. The van der Waals surface area contributed by atoms with Gasteiger partial charge in [0.1, 0.15) is 0 Å². The lowest BCUT2D eigenvalue weighted by atomic mass is 10.1. The second-order valence-electron chi connectivity index (χ2n) is 4.68. The van der Waals surface area contributed by atoms with Crippen LogP contribution in [0.5, 0.6) is 0 Å². The van der Waals surface area contributed by atoms with Gasteiger partial charge in [-0.15, -0.1) is 11.8 Å². The summed E-state index contributed by atoms with van der Waals surface area (Å²) in [5, 5.41) is 0.716. The Morgan fingerprint density at radius 1 is 1.54 bits per heavy atom. The van der Waals surface area contributed by atoms with E-state index >= 15 is 0 Å². The smallest absolute Gasteiger partial charge is 0.0999 e. The van der Waals surface area contributed by atoms with Gasteiger partial charge in [-0.1, -0.05) is 6.92 Å². The van der Waals surface area contributed by atoms with E-state index in [9.17, 15) is 0 Å². The molecule has 2 heterocycles. The molecule has 2 saturated heterocycles. The first kappa shape index (κ1) is 9.81. The number of hydrogen-bond acceptors (Lipinski definition) is 3. The summed E-state index contributed by atoms with van der Waals surface area (Å²) in [6, 6.07) is 0. The third-order valence-electron chi connectivity index (χ3n) is 2.90. The van der Waals surface area contributed by atoms with Gasteiger partial charge in [0.2, 0.25) is 0 Å². The van der Waals surface area contributed by atoms with Crippen LogP contribution in [0.3, 0.4) is 0 Å². The van der Waals surface area contributed by atoms with E-state index in [4.69, 9.17) is 4.74 Å². The SMILES string of the molecule is CC[C@H]1COCN2CC(C)(C)SC12. The van der Waals surface area contributed by atoms with Crippen molar-refractivity contribution in [1.82, 2.24) is 4.90 Å². The maximum Gasteiger partial charge on any atom is 0.0999 e. The van der Waals surface area contributed by atoms with E-state index in [0.717, 1.165) is 19.3 Å². The van der Waals surface area contributed by atoms with Crippen LogP contribution in [0.15, 0.2) is 0 Å². The van der Waals surface area contributed by atoms with Crippen LogP contribution in [0.4, 0.5) is 0 Å². The summed E-state index contributed by atoms with van der Waals surface area (Å²) in [6.45, 7) is 9.92. The van der Waals surface area contributed by atoms with Crippen LogP contribution in [0.2, 0.25) is 0 Å². The van der Waals surface area contributed by atoms with Gasteiger partial charge >= 0.3 is 0 Å².